The number of nitriles is 1. The second-order valence-electron chi connectivity index (χ2n) is 6.10. The van der Waals surface area contributed by atoms with Gasteiger partial charge in [-0.05, 0) is 61.0 Å². The lowest BCUT2D eigenvalue weighted by atomic mass is 10.1. The zero-order chi connectivity index (χ0) is 18.6. The van der Waals surface area contributed by atoms with Crippen LogP contribution in [0, 0.1) is 11.3 Å². The van der Waals surface area contributed by atoms with Gasteiger partial charge in [0.1, 0.15) is 0 Å². The van der Waals surface area contributed by atoms with E-state index in [1.54, 1.807) is 23.9 Å². The smallest absolute Gasteiger partial charge is 0.0991 e. The minimum atomic E-state index is 0.636. The molecular formula is C22H18N4S. The number of benzene rings is 3. The fourth-order valence-corrected chi connectivity index (χ4v) is 4.22. The average Bonchev–Trinajstić information content (AvgIpc) is 2.72. The van der Waals surface area contributed by atoms with Crippen molar-refractivity contribution in [2.75, 3.05) is 16.9 Å². The van der Waals surface area contributed by atoms with Gasteiger partial charge in [0.25, 0.3) is 0 Å². The lowest BCUT2D eigenvalue weighted by Gasteiger charge is -2.32. The second kappa shape index (κ2) is 7.56. The quantitative estimate of drug-likeness (QED) is 0.478. The summed E-state index contributed by atoms with van der Waals surface area (Å²) >= 11 is 1.80. The van der Waals surface area contributed by atoms with Gasteiger partial charge in [-0.25, -0.2) is 0 Å². The predicted molar refractivity (Wildman–Crippen MR) is 112 cm³/mol. The molecule has 4 rings (SSSR count). The molecule has 27 heavy (non-hydrogen) atoms. The molecule has 1 N–H and O–H groups in total. The maximum absolute atomic E-state index is 8.84. The maximum Gasteiger partial charge on any atom is 0.0991 e. The van der Waals surface area contributed by atoms with Crippen molar-refractivity contribution < 1.29 is 0 Å². The summed E-state index contributed by atoms with van der Waals surface area (Å²) in [6, 6.07) is 24.2. The summed E-state index contributed by atoms with van der Waals surface area (Å²) in [7, 11) is 0. The highest BCUT2D eigenvalue weighted by Gasteiger charge is 2.21. The van der Waals surface area contributed by atoms with Gasteiger partial charge in [0, 0.05) is 16.3 Å². The van der Waals surface area contributed by atoms with Crippen LogP contribution in [0.1, 0.15) is 18.1 Å². The highest BCUT2D eigenvalue weighted by atomic mass is 32.2. The summed E-state index contributed by atoms with van der Waals surface area (Å²) in [6.45, 7) is 3.10. The van der Waals surface area contributed by atoms with E-state index in [1.165, 1.54) is 21.2 Å². The molecule has 0 bridgehead atoms. The van der Waals surface area contributed by atoms with Crippen molar-refractivity contribution in [1.29, 1.82) is 5.26 Å². The number of para-hydroxylation sites is 1. The zero-order valence-corrected chi connectivity index (χ0v) is 15.7. The molecule has 1 aliphatic heterocycles. The van der Waals surface area contributed by atoms with E-state index in [0.717, 1.165) is 17.8 Å². The molecular weight excluding hydrogens is 352 g/mol. The molecule has 0 unspecified atom stereocenters. The largest absolute Gasteiger partial charge is 0.340 e. The van der Waals surface area contributed by atoms with Gasteiger partial charge in [-0.1, -0.05) is 30.0 Å². The van der Waals surface area contributed by atoms with E-state index in [-0.39, 0.29) is 0 Å². The van der Waals surface area contributed by atoms with Crippen LogP contribution in [0.5, 0.6) is 0 Å². The van der Waals surface area contributed by atoms with E-state index >= 15 is 0 Å². The van der Waals surface area contributed by atoms with Crippen LogP contribution in [0.15, 0.2) is 81.6 Å². The first-order valence-electron chi connectivity index (χ1n) is 8.76. The van der Waals surface area contributed by atoms with Crippen LogP contribution < -0.4 is 10.3 Å². The second-order valence-corrected chi connectivity index (χ2v) is 7.18. The number of hydrazone groups is 1. The van der Waals surface area contributed by atoms with Crippen LogP contribution >= 0.6 is 11.8 Å². The van der Waals surface area contributed by atoms with Crippen LogP contribution in [0.25, 0.3) is 0 Å². The van der Waals surface area contributed by atoms with Gasteiger partial charge < -0.3 is 4.90 Å². The Bertz CT molecular complexity index is 1030. The van der Waals surface area contributed by atoms with Crippen LogP contribution in [0.3, 0.4) is 0 Å². The Morgan fingerprint density at radius 1 is 1.04 bits per heavy atom. The molecule has 0 fully saturated rings. The van der Waals surface area contributed by atoms with E-state index in [2.05, 4.69) is 70.9 Å². The van der Waals surface area contributed by atoms with E-state index in [4.69, 9.17) is 5.26 Å². The van der Waals surface area contributed by atoms with Gasteiger partial charge >= 0.3 is 0 Å². The van der Waals surface area contributed by atoms with Crippen molar-refractivity contribution in [3.63, 3.8) is 0 Å². The Labute approximate surface area is 163 Å². The molecule has 0 atom stereocenters. The summed E-state index contributed by atoms with van der Waals surface area (Å²) in [5, 5.41) is 13.2. The molecule has 0 spiro atoms. The van der Waals surface area contributed by atoms with Gasteiger partial charge in [-0.3, -0.25) is 5.43 Å². The molecule has 0 saturated heterocycles. The molecule has 132 valence electrons. The summed E-state index contributed by atoms with van der Waals surface area (Å²) in [5.74, 6) is 0. The van der Waals surface area contributed by atoms with Crippen molar-refractivity contribution in [1.82, 2.24) is 0 Å². The van der Waals surface area contributed by atoms with Crippen LogP contribution in [0.2, 0.25) is 0 Å². The summed E-state index contributed by atoms with van der Waals surface area (Å²) in [5.41, 5.74) is 8.03. The number of nitrogens with one attached hydrogen (secondary N) is 1. The Morgan fingerprint density at radius 2 is 1.81 bits per heavy atom. The first kappa shape index (κ1) is 17.2. The summed E-state index contributed by atoms with van der Waals surface area (Å²) in [4.78, 5) is 4.85. The van der Waals surface area contributed by atoms with Crippen molar-refractivity contribution in [2.24, 2.45) is 5.10 Å². The van der Waals surface area contributed by atoms with Crippen molar-refractivity contribution in [2.45, 2.75) is 16.7 Å². The third-order valence-electron chi connectivity index (χ3n) is 4.39. The Hall–Kier alpha value is -3.23. The van der Waals surface area contributed by atoms with E-state index in [1.807, 2.05) is 18.3 Å². The molecule has 0 amide bonds. The summed E-state index contributed by atoms with van der Waals surface area (Å²) < 4.78 is 0. The standard InChI is InChI=1S/C22H18N4S/c1-2-26-19-5-3-4-6-21(19)27-22-13-17(9-12-20(22)26)15-24-25-18-10-7-16(14-23)8-11-18/h3-13,15,25H,2H2,1H3/b24-15+. The zero-order valence-electron chi connectivity index (χ0n) is 14.9. The fourth-order valence-electron chi connectivity index (χ4n) is 3.07. The molecule has 3 aromatic rings. The minimum Gasteiger partial charge on any atom is -0.340 e. The third-order valence-corrected chi connectivity index (χ3v) is 5.50. The first-order chi connectivity index (χ1) is 13.3. The lowest BCUT2D eigenvalue weighted by molar-refractivity contribution is 0.979. The summed E-state index contributed by atoms with van der Waals surface area (Å²) in [6.07, 6.45) is 1.82. The molecule has 5 heteroatoms. The maximum atomic E-state index is 8.84. The van der Waals surface area contributed by atoms with Crippen LogP contribution in [-0.4, -0.2) is 12.8 Å². The minimum absolute atomic E-state index is 0.636. The number of fused-ring (bicyclic) bond motifs is 2. The molecule has 0 radical (unpaired) electrons. The van der Waals surface area contributed by atoms with Gasteiger partial charge in [0.2, 0.25) is 0 Å². The Balaban J connectivity index is 1.54. The van der Waals surface area contributed by atoms with Gasteiger partial charge in [-0.2, -0.15) is 10.4 Å². The Kier molecular flexibility index (Phi) is 4.82. The van der Waals surface area contributed by atoms with Crippen LogP contribution in [0.4, 0.5) is 17.1 Å². The molecule has 3 aromatic carbocycles. The normalized spacial score (nSPS) is 12.4. The van der Waals surface area contributed by atoms with Crippen molar-refractivity contribution >= 4 is 35.0 Å². The average molecular weight is 370 g/mol. The fraction of sp³-hybridized carbons (Fsp3) is 0.0909. The lowest BCUT2D eigenvalue weighted by Crippen LogP contribution is -2.19. The first-order valence-corrected chi connectivity index (χ1v) is 9.58. The monoisotopic (exact) mass is 370 g/mol. The molecule has 0 aromatic heterocycles. The van der Waals surface area contributed by atoms with E-state index < -0.39 is 0 Å². The van der Waals surface area contributed by atoms with Gasteiger partial charge in [-0.15, -0.1) is 0 Å². The van der Waals surface area contributed by atoms with Crippen molar-refractivity contribution in [3.8, 4) is 6.07 Å². The van der Waals surface area contributed by atoms with E-state index in [0.29, 0.717) is 5.56 Å². The van der Waals surface area contributed by atoms with Gasteiger partial charge in [0.05, 0.1) is 34.9 Å². The van der Waals surface area contributed by atoms with Crippen molar-refractivity contribution in [3.05, 3.63) is 77.9 Å². The van der Waals surface area contributed by atoms with E-state index in [9.17, 15) is 0 Å². The molecule has 1 aliphatic rings. The highest BCUT2D eigenvalue weighted by molar-refractivity contribution is 7.99. The Morgan fingerprint density at radius 3 is 2.59 bits per heavy atom. The number of anilines is 3. The number of hydrogen-bond donors (Lipinski definition) is 1. The number of rotatable bonds is 4. The molecule has 1 heterocycles. The molecule has 4 nitrogen and oxygen atoms in total. The number of nitrogens with zero attached hydrogens (tertiary/aromatic N) is 3. The SMILES string of the molecule is CCN1c2ccccc2Sc2cc(/C=N/Nc3ccc(C#N)cc3)ccc21. The third kappa shape index (κ3) is 3.53. The molecule has 0 aliphatic carbocycles. The molecule has 0 saturated carbocycles. The topological polar surface area (TPSA) is 51.4 Å². The predicted octanol–water partition coefficient (Wildman–Crippen LogP) is 5.63. The van der Waals surface area contributed by atoms with Gasteiger partial charge in [0.15, 0.2) is 0 Å². The number of hydrogen-bond acceptors (Lipinski definition) is 5. The highest BCUT2D eigenvalue weighted by Crippen LogP contribution is 2.47. The van der Waals surface area contributed by atoms with Crippen LogP contribution in [-0.2, 0) is 0 Å².